The number of thioether (sulfide) groups is 1. The number of phenolic OH excluding ortho intramolecular Hbond substituents is 1. The summed E-state index contributed by atoms with van der Waals surface area (Å²) in [7, 11) is 0. The zero-order valence-electron chi connectivity index (χ0n) is 14.5. The Morgan fingerprint density at radius 1 is 1.15 bits per heavy atom. The summed E-state index contributed by atoms with van der Waals surface area (Å²) in [5, 5.41) is 10.7. The maximum atomic E-state index is 12.6. The third kappa shape index (κ3) is 4.40. The average molecular weight is 386 g/mol. The summed E-state index contributed by atoms with van der Waals surface area (Å²) in [5.41, 5.74) is 0.949. The fourth-order valence-corrected chi connectivity index (χ4v) is 3.59. The van der Waals surface area contributed by atoms with Gasteiger partial charge in [0, 0.05) is 12.1 Å². The first-order valence-electron chi connectivity index (χ1n) is 8.34. The molecule has 1 aliphatic rings. The largest absolute Gasteiger partial charge is 0.508 e. The molecule has 1 aliphatic heterocycles. The maximum absolute atomic E-state index is 12.6. The van der Waals surface area contributed by atoms with Gasteiger partial charge in [0.05, 0.1) is 12.3 Å². The molecule has 0 radical (unpaired) electrons. The number of imide groups is 1. The molecule has 0 bridgehead atoms. The minimum Gasteiger partial charge on any atom is -0.508 e. The fourth-order valence-electron chi connectivity index (χ4n) is 2.60. The lowest BCUT2D eigenvalue weighted by Gasteiger charge is -2.14. The van der Waals surface area contributed by atoms with Crippen LogP contribution in [0.1, 0.15) is 13.3 Å². The van der Waals surface area contributed by atoms with Crippen molar-refractivity contribution in [1.82, 2.24) is 0 Å². The van der Waals surface area contributed by atoms with Crippen molar-refractivity contribution in [3.05, 3.63) is 48.5 Å². The second kappa shape index (κ2) is 8.13. The average Bonchev–Trinajstić information content (AvgIpc) is 2.91. The number of carbonyl (C=O) groups excluding carboxylic acids is 3. The van der Waals surface area contributed by atoms with Crippen LogP contribution in [0, 0.1) is 0 Å². The molecule has 27 heavy (non-hydrogen) atoms. The maximum Gasteiger partial charge on any atom is 0.293 e. The van der Waals surface area contributed by atoms with Gasteiger partial charge in [-0.25, -0.2) is 4.90 Å². The topological polar surface area (TPSA) is 95.9 Å². The van der Waals surface area contributed by atoms with Gasteiger partial charge in [0.15, 0.2) is 0 Å². The molecule has 0 aromatic heterocycles. The SMILES string of the molecule is CCOc1ccc(N2C(=O)SC(CC(=O)Nc3ccc(O)cc3)C2=O)cc1. The number of benzene rings is 2. The van der Waals surface area contributed by atoms with Gasteiger partial charge < -0.3 is 15.2 Å². The molecule has 0 spiro atoms. The smallest absolute Gasteiger partial charge is 0.293 e. The number of aromatic hydroxyl groups is 1. The van der Waals surface area contributed by atoms with E-state index in [-0.39, 0.29) is 18.1 Å². The van der Waals surface area contributed by atoms with E-state index in [2.05, 4.69) is 5.32 Å². The van der Waals surface area contributed by atoms with Crippen molar-refractivity contribution >= 4 is 40.2 Å². The van der Waals surface area contributed by atoms with Gasteiger partial charge in [-0.3, -0.25) is 14.4 Å². The molecule has 1 unspecified atom stereocenters. The van der Waals surface area contributed by atoms with E-state index in [1.165, 1.54) is 12.1 Å². The van der Waals surface area contributed by atoms with E-state index in [1.807, 2.05) is 6.92 Å². The van der Waals surface area contributed by atoms with Crippen molar-refractivity contribution in [2.75, 3.05) is 16.8 Å². The van der Waals surface area contributed by atoms with Crippen LogP contribution in [0.25, 0.3) is 0 Å². The number of phenols is 1. The monoisotopic (exact) mass is 386 g/mol. The number of carbonyl (C=O) groups is 3. The van der Waals surface area contributed by atoms with Crippen LogP contribution in [0.4, 0.5) is 16.2 Å². The van der Waals surface area contributed by atoms with Gasteiger partial charge in [0.25, 0.3) is 5.24 Å². The Labute approximate surface area is 160 Å². The molecule has 0 saturated carbocycles. The minimum absolute atomic E-state index is 0.0890. The highest BCUT2D eigenvalue weighted by Gasteiger charge is 2.41. The molecule has 140 valence electrons. The van der Waals surface area contributed by atoms with Crippen LogP contribution in [0.3, 0.4) is 0 Å². The minimum atomic E-state index is -0.777. The standard InChI is InChI=1S/C19H18N2O5S/c1-2-26-15-9-5-13(6-10-15)21-18(24)16(27-19(21)25)11-17(23)20-12-3-7-14(22)8-4-12/h3-10,16,22H,2,11H2,1H3,(H,20,23). The second-order valence-corrected chi connectivity index (χ2v) is 6.93. The Kier molecular flexibility index (Phi) is 5.66. The molecule has 1 fully saturated rings. The third-order valence-corrected chi connectivity index (χ3v) is 4.89. The summed E-state index contributed by atoms with van der Waals surface area (Å²) in [5.74, 6) is -0.0631. The van der Waals surface area contributed by atoms with Gasteiger partial charge in [0.2, 0.25) is 11.8 Å². The van der Waals surface area contributed by atoms with Crippen molar-refractivity contribution in [1.29, 1.82) is 0 Å². The third-order valence-electron chi connectivity index (χ3n) is 3.85. The first kappa shape index (κ1) is 18.8. The Morgan fingerprint density at radius 3 is 2.44 bits per heavy atom. The van der Waals surface area contributed by atoms with E-state index in [4.69, 9.17) is 4.74 Å². The lowest BCUT2D eigenvalue weighted by Crippen LogP contribution is -2.32. The van der Waals surface area contributed by atoms with Crippen molar-refractivity contribution in [3.8, 4) is 11.5 Å². The summed E-state index contributed by atoms with van der Waals surface area (Å²) in [6.45, 7) is 2.39. The highest BCUT2D eigenvalue weighted by molar-refractivity contribution is 8.15. The van der Waals surface area contributed by atoms with Gasteiger partial charge >= 0.3 is 0 Å². The molecular formula is C19H18N2O5S. The first-order chi connectivity index (χ1) is 13.0. The predicted molar refractivity (Wildman–Crippen MR) is 103 cm³/mol. The van der Waals surface area contributed by atoms with Crippen molar-refractivity contribution < 1.29 is 24.2 Å². The zero-order chi connectivity index (χ0) is 19.4. The van der Waals surface area contributed by atoms with Gasteiger partial charge in [-0.2, -0.15) is 0 Å². The van der Waals surface area contributed by atoms with Gasteiger partial charge in [-0.15, -0.1) is 0 Å². The zero-order valence-corrected chi connectivity index (χ0v) is 15.4. The van der Waals surface area contributed by atoms with E-state index in [9.17, 15) is 19.5 Å². The Hall–Kier alpha value is -3.00. The van der Waals surface area contributed by atoms with E-state index in [0.717, 1.165) is 16.7 Å². The molecule has 3 amide bonds. The van der Waals surface area contributed by atoms with Crippen LogP contribution in [-0.4, -0.2) is 34.0 Å². The summed E-state index contributed by atoms with van der Waals surface area (Å²) in [4.78, 5) is 38.1. The summed E-state index contributed by atoms with van der Waals surface area (Å²) in [6, 6.07) is 12.7. The highest BCUT2D eigenvalue weighted by Crippen LogP contribution is 2.34. The molecule has 1 saturated heterocycles. The number of nitrogens with zero attached hydrogens (tertiary/aromatic N) is 1. The number of ether oxygens (including phenoxy) is 1. The number of nitrogens with one attached hydrogen (secondary N) is 1. The molecule has 0 aliphatic carbocycles. The summed E-state index contributed by atoms with van der Waals surface area (Å²) >= 11 is 0.838. The van der Waals surface area contributed by atoms with Crippen LogP contribution >= 0.6 is 11.8 Å². The number of rotatable bonds is 6. The van der Waals surface area contributed by atoms with E-state index in [1.54, 1.807) is 36.4 Å². The predicted octanol–water partition coefficient (Wildman–Crippen LogP) is 3.39. The highest BCUT2D eigenvalue weighted by atomic mass is 32.2. The molecule has 2 N–H and O–H groups in total. The van der Waals surface area contributed by atoms with E-state index < -0.39 is 16.4 Å². The molecule has 8 heteroatoms. The van der Waals surface area contributed by atoms with Gasteiger partial charge in [-0.05, 0) is 67.2 Å². The molecule has 2 aromatic carbocycles. The molecule has 1 atom stereocenters. The lowest BCUT2D eigenvalue weighted by molar-refractivity contribution is -0.121. The molecule has 2 aromatic rings. The number of hydrogen-bond donors (Lipinski definition) is 2. The van der Waals surface area contributed by atoms with Crippen LogP contribution in [0.15, 0.2) is 48.5 Å². The first-order valence-corrected chi connectivity index (χ1v) is 9.22. The van der Waals surface area contributed by atoms with E-state index in [0.29, 0.717) is 23.7 Å². The second-order valence-electron chi connectivity index (χ2n) is 5.77. The molecule has 3 rings (SSSR count). The van der Waals surface area contributed by atoms with Crippen LogP contribution in [-0.2, 0) is 9.59 Å². The van der Waals surface area contributed by atoms with Gasteiger partial charge in [0.1, 0.15) is 16.7 Å². The fraction of sp³-hybridized carbons (Fsp3) is 0.211. The summed E-state index contributed by atoms with van der Waals surface area (Å²) in [6.07, 6.45) is -0.121. The molecular weight excluding hydrogens is 368 g/mol. The summed E-state index contributed by atoms with van der Waals surface area (Å²) < 4.78 is 5.35. The number of amides is 3. The van der Waals surface area contributed by atoms with Crippen LogP contribution < -0.4 is 15.0 Å². The quantitative estimate of drug-likeness (QED) is 0.739. The van der Waals surface area contributed by atoms with Gasteiger partial charge in [-0.1, -0.05) is 0 Å². The lowest BCUT2D eigenvalue weighted by atomic mass is 10.2. The normalized spacial score (nSPS) is 16.5. The van der Waals surface area contributed by atoms with Crippen molar-refractivity contribution in [2.45, 2.75) is 18.6 Å². The molecule has 7 nitrogen and oxygen atoms in total. The Balaban J connectivity index is 1.64. The van der Waals surface area contributed by atoms with Crippen LogP contribution in [0.5, 0.6) is 11.5 Å². The van der Waals surface area contributed by atoms with Crippen molar-refractivity contribution in [2.24, 2.45) is 0 Å². The number of hydrogen-bond acceptors (Lipinski definition) is 6. The molecule has 1 heterocycles. The Morgan fingerprint density at radius 2 is 1.81 bits per heavy atom. The Bertz CT molecular complexity index is 851. The van der Waals surface area contributed by atoms with Crippen LogP contribution in [0.2, 0.25) is 0 Å². The van der Waals surface area contributed by atoms with Crippen molar-refractivity contribution in [3.63, 3.8) is 0 Å². The van der Waals surface area contributed by atoms with E-state index >= 15 is 0 Å². The number of anilines is 2.